The largest absolute Gasteiger partial charge is 0.309 e. The molecule has 0 bridgehead atoms. The molecule has 11 aromatic rings. The molecule has 57 heavy (non-hydrogen) atoms. The highest BCUT2D eigenvalue weighted by molar-refractivity contribution is 6.12. The lowest BCUT2D eigenvalue weighted by Crippen LogP contribution is -1.97. The summed E-state index contributed by atoms with van der Waals surface area (Å²) < 4.78 is 4.76. The molecule has 0 spiro atoms. The van der Waals surface area contributed by atoms with Crippen LogP contribution in [0.5, 0.6) is 0 Å². The number of benzene rings is 8. The fourth-order valence-corrected chi connectivity index (χ4v) is 8.40. The van der Waals surface area contributed by atoms with Crippen molar-refractivity contribution >= 4 is 43.6 Å². The highest BCUT2D eigenvalue weighted by Gasteiger charge is 2.17. The van der Waals surface area contributed by atoms with Crippen LogP contribution in [0.1, 0.15) is 5.56 Å². The molecule has 0 aliphatic rings. The SMILES string of the molecule is Cc1ccc(-n2c3ccccc3c3cc(-c4ccc5c6ccccc6n(-c6ccc(-c7nc(-c8ccccc8)cc(-c8ccccc8)n7)cc6)c5c4)ccc32)cc1. The topological polar surface area (TPSA) is 35.6 Å². The zero-order valence-electron chi connectivity index (χ0n) is 31.3. The van der Waals surface area contributed by atoms with Gasteiger partial charge < -0.3 is 9.13 Å². The van der Waals surface area contributed by atoms with E-state index in [2.05, 4.69) is 204 Å². The van der Waals surface area contributed by atoms with Crippen molar-refractivity contribution < 1.29 is 0 Å². The quantitative estimate of drug-likeness (QED) is 0.171. The molecule has 0 radical (unpaired) electrons. The van der Waals surface area contributed by atoms with Gasteiger partial charge in [-0.2, -0.15) is 0 Å². The van der Waals surface area contributed by atoms with E-state index in [0.717, 1.165) is 39.3 Å². The van der Waals surface area contributed by atoms with Crippen LogP contribution in [0.2, 0.25) is 0 Å². The van der Waals surface area contributed by atoms with Crippen molar-refractivity contribution in [3.05, 3.63) is 206 Å². The summed E-state index contributed by atoms with van der Waals surface area (Å²) in [6.45, 7) is 2.13. The lowest BCUT2D eigenvalue weighted by atomic mass is 10.0. The van der Waals surface area contributed by atoms with E-state index in [9.17, 15) is 0 Å². The zero-order chi connectivity index (χ0) is 37.9. The number of rotatable bonds is 6. The Kier molecular flexibility index (Phi) is 7.68. The van der Waals surface area contributed by atoms with E-state index in [1.807, 2.05) is 12.1 Å². The fraction of sp³-hybridized carbons (Fsp3) is 0.0189. The first-order valence-electron chi connectivity index (χ1n) is 19.4. The molecule has 268 valence electrons. The van der Waals surface area contributed by atoms with E-state index in [1.54, 1.807) is 0 Å². The number of hydrogen-bond acceptors (Lipinski definition) is 2. The van der Waals surface area contributed by atoms with Gasteiger partial charge in [-0.05, 0) is 90.8 Å². The molecule has 8 aromatic carbocycles. The first kappa shape index (κ1) is 32.8. The molecule has 4 heteroatoms. The molecule has 4 nitrogen and oxygen atoms in total. The molecule has 0 saturated carbocycles. The van der Waals surface area contributed by atoms with Gasteiger partial charge in [0, 0.05) is 49.6 Å². The molecule has 0 fully saturated rings. The summed E-state index contributed by atoms with van der Waals surface area (Å²) in [5, 5.41) is 4.95. The Labute approximate surface area is 330 Å². The van der Waals surface area contributed by atoms with E-state index in [1.165, 1.54) is 60.5 Å². The Morgan fingerprint density at radius 1 is 0.316 bits per heavy atom. The Bertz CT molecular complexity index is 3210. The summed E-state index contributed by atoms with van der Waals surface area (Å²) in [5.74, 6) is 0.699. The van der Waals surface area contributed by atoms with Gasteiger partial charge in [0.05, 0.1) is 33.5 Å². The summed E-state index contributed by atoms with van der Waals surface area (Å²) in [7, 11) is 0. The van der Waals surface area contributed by atoms with Gasteiger partial charge >= 0.3 is 0 Å². The summed E-state index contributed by atoms with van der Waals surface area (Å²) in [6, 6.07) is 71.5. The molecule has 0 atom stereocenters. The van der Waals surface area contributed by atoms with Crippen molar-refractivity contribution in [2.45, 2.75) is 6.92 Å². The van der Waals surface area contributed by atoms with Crippen LogP contribution < -0.4 is 0 Å². The molecule has 3 aromatic heterocycles. The van der Waals surface area contributed by atoms with Gasteiger partial charge in [-0.15, -0.1) is 0 Å². The molecule has 0 amide bonds. The second-order valence-corrected chi connectivity index (χ2v) is 14.7. The van der Waals surface area contributed by atoms with E-state index in [4.69, 9.17) is 9.97 Å². The van der Waals surface area contributed by atoms with Crippen LogP contribution >= 0.6 is 0 Å². The molecule has 11 rings (SSSR count). The summed E-state index contributed by atoms with van der Waals surface area (Å²) >= 11 is 0. The Morgan fingerprint density at radius 3 is 1.40 bits per heavy atom. The fourth-order valence-electron chi connectivity index (χ4n) is 8.40. The van der Waals surface area contributed by atoms with Gasteiger partial charge in [-0.3, -0.25) is 0 Å². The Balaban J connectivity index is 1.03. The Hall–Kier alpha value is -7.56. The second kappa shape index (κ2) is 13.3. The molecule has 0 aliphatic heterocycles. The van der Waals surface area contributed by atoms with Gasteiger partial charge in [0.1, 0.15) is 0 Å². The van der Waals surface area contributed by atoms with Crippen LogP contribution in [0.4, 0.5) is 0 Å². The van der Waals surface area contributed by atoms with Crippen LogP contribution in [0.15, 0.2) is 200 Å². The minimum Gasteiger partial charge on any atom is -0.309 e. The Morgan fingerprint density at radius 2 is 0.772 bits per heavy atom. The number of para-hydroxylation sites is 2. The van der Waals surface area contributed by atoms with Crippen LogP contribution in [0.25, 0.3) is 100 Å². The predicted octanol–water partition coefficient (Wildman–Crippen LogP) is 13.6. The average Bonchev–Trinajstić information content (AvgIpc) is 3.79. The normalized spacial score (nSPS) is 11.6. The molecule has 0 unspecified atom stereocenters. The van der Waals surface area contributed by atoms with Crippen molar-refractivity contribution in [3.8, 4) is 56.4 Å². The van der Waals surface area contributed by atoms with Crippen molar-refractivity contribution in [3.63, 3.8) is 0 Å². The number of aryl methyl sites for hydroxylation is 1. The van der Waals surface area contributed by atoms with Gasteiger partial charge in [-0.1, -0.05) is 133 Å². The van der Waals surface area contributed by atoms with E-state index >= 15 is 0 Å². The zero-order valence-corrected chi connectivity index (χ0v) is 31.3. The maximum absolute atomic E-state index is 5.08. The summed E-state index contributed by atoms with van der Waals surface area (Å²) in [5.41, 5.74) is 15.5. The average molecular weight is 729 g/mol. The third-order valence-electron chi connectivity index (χ3n) is 11.2. The standard InChI is InChI=1S/C53H36N4/c1-35-20-26-41(27-21-35)56-50-19-11-9-17-44(50)46-32-39(25-31-51(46)56)40-24-30-45-43-16-8-10-18-49(43)57(52(45)33-40)42-28-22-38(23-29-42)53-54-47(36-12-4-2-5-13-36)34-48(55-53)37-14-6-3-7-15-37/h2-34H,1H3. The van der Waals surface area contributed by atoms with E-state index in [-0.39, 0.29) is 0 Å². The van der Waals surface area contributed by atoms with Crippen molar-refractivity contribution in [1.29, 1.82) is 0 Å². The maximum Gasteiger partial charge on any atom is 0.160 e. The first-order valence-corrected chi connectivity index (χ1v) is 19.4. The third-order valence-corrected chi connectivity index (χ3v) is 11.2. The predicted molar refractivity (Wildman–Crippen MR) is 237 cm³/mol. The van der Waals surface area contributed by atoms with Gasteiger partial charge in [-0.25, -0.2) is 9.97 Å². The molecular weight excluding hydrogens is 693 g/mol. The first-order chi connectivity index (χ1) is 28.2. The molecule has 3 heterocycles. The molecule has 0 N–H and O–H groups in total. The van der Waals surface area contributed by atoms with Crippen LogP contribution in [0.3, 0.4) is 0 Å². The lowest BCUT2D eigenvalue weighted by molar-refractivity contribution is 1.16. The highest BCUT2D eigenvalue weighted by Crippen LogP contribution is 2.38. The summed E-state index contributed by atoms with van der Waals surface area (Å²) in [6.07, 6.45) is 0. The van der Waals surface area contributed by atoms with Crippen molar-refractivity contribution in [2.24, 2.45) is 0 Å². The monoisotopic (exact) mass is 728 g/mol. The lowest BCUT2D eigenvalue weighted by Gasteiger charge is -2.12. The minimum atomic E-state index is 0.699. The second-order valence-electron chi connectivity index (χ2n) is 14.7. The number of fused-ring (bicyclic) bond motifs is 6. The van der Waals surface area contributed by atoms with E-state index in [0.29, 0.717) is 5.82 Å². The van der Waals surface area contributed by atoms with E-state index < -0.39 is 0 Å². The highest BCUT2D eigenvalue weighted by atomic mass is 15.0. The van der Waals surface area contributed by atoms with Crippen LogP contribution in [0, 0.1) is 6.92 Å². The maximum atomic E-state index is 5.08. The minimum absolute atomic E-state index is 0.699. The van der Waals surface area contributed by atoms with Gasteiger partial charge in [0.2, 0.25) is 0 Å². The number of aromatic nitrogens is 4. The van der Waals surface area contributed by atoms with Crippen LogP contribution in [-0.4, -0.2) is 19.1 Å². The smallest absolute Gasteiger partial charge is 0.160 e. The molecule has 0 aliphatic carbocycles. The van der Waals surface area contributed by atoms with Gasteiger partial charge in [0.15, 0.2) is 5.82 Å². The molecule has 0 saturated heterocycles. The third kappa shape index (κ3) is 5.61. The van der Waals surface area contributed by atoms with Crippen molar-refractivity contribution in [1.82, 2.24) is 19.1 Å². The number of hydrogen-bond donors (Lipinski definition) is 0. The van der Waals surface area contributed by atoms with Gasteiger partial charge in [0.25, 0.3) is 0 Å². The number of nitrogens with zero attached hydrogens (tertiary/aromatic N) is 4. The van der Waals surface area contributed by atoms with Crippen molar-refractivity contribution in [2.75, 3.05) is 0 Å². The summed E-state index contributed by atoms with van der Waals surface area (Å²) in [4.78, 5) is 10.2. The van der Waals surface area contributed by atoms with Crippen LogP contribution in [-0.2, 0) is 0 Å². The molecular formula is C53H36N4.